The Labute approximate surface area is 243 Å². The highest BCUT2D eigenvalue weighted by molar-refractivity contribution is 5.95. The maximum absolute atomic E-state index is 14.4. The molecule has 0 N–H and O–H groups in total. The number of amides is 2. The number of benzene rings is 4. The van der Waals surface area contributed by atoms with Crippen molar-refractivity contribution in [2.24, 2.45) is 0 Å². The quantitative estimate of drug-likeness (QED) is 0.218. The summed E-state index contributed by atoms with van der Waals surface area (Å²) < 4.78 is 0. The van der Waals surface area contributed by atoms with E-state index in [4.69, 9.17) is 0 Å². The Bertz CT molecular complexity index is 1490. The molecule has 41 heavy (non-hydrogen) atoms. The normalized spacial score (nSPS) is 13.6. The van der Waals surface area contributed by atoms with Crippen LogP contribution < -0.4 is 0 Å². The van der Waals surface area contributed by atoms with Crippen molar-refractivity contribution < 1.29 is 9.59 Å². The zero-order valence-corrected chi connectivity index (χ0v) is 24.0. The van der Waals surface area contributed by atoms with E-state index in [9.17, 15) is 9.59 Å². The highest BCUT2D eigenvalue weighted by Gasteiger charge is 2.34. The zero-order chi connectivity index (χ0) is 28.6. The van der Waals surface area contributed by atoms with Gasteiger partial charge >= 0.3 is 0 Å². The molecule has 4 aromatic rings. The van der Waals surface area contributed by atoms with Crippen LogP contribution in [0.15, 0.2) is 109 Å². The third-order valence-electron chi connectivity index (χ3n) is 7.94. The van der Waals surface area contributed by atoms with Gasteiger partial charge in [-0.15, -0.1) is 0 Å². The molecule has 1 unspecified atom stereocenters. The van der Waals surface area contributed by atoms with E-state index >= 15 is 0 Å². The molecule has 1 atom stereocenters. The summed E-state index contributed by atoms with van der Waals surface area (Å²) in [6.45, 7) is 5.74. The lowest BCUT2D eigenvalue weighted by Gasteiger charge is -2.37. The molecule has 2 amide bonds. The number of fused-ring (bicyclic) bond motifs is 1. The average molecular weight is 543 g/mol. The minimum absolute atomic E-state index is 0.00868. The first kappa shape index (κ1) is 28.1. The predicted octanol–water partition coefficient (Wildman–Crippen LogP) is 6.80. The molecule has 0 fully saturated rings. The van der Waals surface area contributed by atoms with E-state index in [0.717, 1.165) is 29.5 Å². The van der Waals surface area contributed by atoms with Gasteiger partial charge in [0, 0.05) is 32.1 Å². The van der Waals surface area contributed by atoms with Gasteiger partial charge in [0.15, 0.2) is 0 Å². The molecule has 4 heteroatoms. The Hall–Kier alpha value is -4.44. The fraction of sp³-hybridized carbons (Fsp3) is 0.243. The molecule has 4 aromatic carbocycles. The second kappa shape index (κ2) is 13.3. The molecule has 1 aliphatic rings. The van der Waals surface area contributed by atoms with Crippen LogP contribution in [0.5, 0.6) is 0 Å². The van der Waals surface area contributed by atoms with Crippen LogP contribution in [0.4, 0.5) is 0 Å². The minimum atomic E-state index is -0.635. The molecule has 0 saturated heterocycles. The van der Waals surface area contributed by atoms with E-state index in [1.165, 1.54) is 22.3 Å². The van der Waals surface area contributed by atoms with Crippen LogP contribution in [0.2, 0.25) is 0 Å². The lowest BCUT2D eigenvalue weighted by atomic mass is 9.97. The molecular formula is C37H38N2O2. The molecule has 0 aromatic heterocycles. The van der Waals surface area contributed by atoms with Crippen LogP contribution >= 0.6 is 0 Å². The van der Waals surface area contributed by atoms with Crippen LogP contribution in [0.1, 0.15) is 45.9 Å². The number of nitrogens with zero attached hydrogens (tertiary/aromatic N) is 2. The molecule has 5 rings (SSSR count). The van der Waals surface area contributed by atoms with E-state index in [1.54, 1.807) is 11.0 Å². The fourth-order valence-corrected chi connectivity index (χ4v) is 5.42. The number of carbonyl (C=O) groups is 2. The zero-order valence-electron chi connectivity index (χ0n) is 24.0. The van der Waals surface area contributed by atoms with Gasteiger partial charge < -0.3 is 9.80 Å². The number of hydrogen-bond acceptors (Lipinski definition) is 2. The van der Waals surface area contributed by atoms with Crippen molar-refractivity contribution in [2.75, 3.05) is 6.54 Å². The van der Waals surface area contributed by atoms with Crippen LogP contribution in [0, 0.1) is 6.92 Å². The van der Waals surface area contributed by atoms with Crippen molar-refractivity contribution in [3.05, 3.63) is 148 Å². The van der Waals surface area contributed by atoms with E-state index in [2.05, 4.69) is 49.4 Å². The summed E-state index contributed by atoms with van der Waals surface area (Å²) in [5, 5.41) is 0. The molecule has 0 saturated carbocycles. The van der Waals surface area contributed by atoms with Gasteiger partial charge in [0.25, 0.3) is 0 Å². The Morgan fingerprint density at radius 3 is 2.17 bits per heavy atom. The standard InChI is InChI=1S/C37H38N2O2/c1-3-29-17-19-32(20-18-29)26-39(36(40)22-21-30-15-13-28(2)14-16-30)35(25-31-9-5-4-6-10-31)37(41)38-24-23-33-11-7-8-12-34(33)27-38/h4-22,35H,3,23-27H2,1-2H3. The van der Waals surface area contributed by atoms with E-state index < -0.39 is 6.04 Å². The summed E-state index contributed by atoms with van der Waals surface area (Å²) in [5.41, 5.74) is 7.88. The van der Waals surface area contributed by atoms with Crippen molar-refractivity contribution in [3.63, 3.8) is 0 Å². The number of aryl methyl sites for hydroxylation is 2. The first-order chi connectivity index (χ1) is 20.0. The van der Waals surface area contributed by atoms with Gasteiger partial charge in [0.1, 0.15) is 6.04 Å². The third-order valence-corrected chi connectivity index (χ3v) is 7.94. The molecular weight excluding hydrogens is 504 g/mol. The van der Waals surface area contributed by atoms with Gasteiger partial charge in [0.05, 0.1) is 0 Å². The van der Waals surface area contributed by atoms with Gasteiger partial charge in [-0.2, -0.15) is 0 Å². The van der Waals surface area contributed by atoms with Crippen molar-refractivity contribution in [1.82, 2.24) is 9.80 Å². The number of carbonyl (C=O) groups excluding carboxylic acids is 2. The van der Waals surface area contributed by atoms with E-state index in [-0.39, 0.29) is 11.8 Å². The van der Waals surface area contributed by atoms with Gasteiger partial charge in [0.2, 0.25) is 11.8 Å². The first-order valence-corrected chi connectivity index (χ1v) is 14.5. The lowest BCUT2D eigenvalue weighted by molar-refractivity contribution is -0.144. The Morgan fingerprint density at radius 2 is 1.46 bits per heavy atom. The lowest BCUT2D eigenvalue weighted by Crippen LogP contribution is -2.52. The molecule has 0 aliphatic carbocycles. The maximum Gasteiger partial charge on any atom is 0.247 e. The van der Waals surface area contributed by atoms with Gasteiger partial charge in [-0.25, -0.2) is 0 Å². The summed E-state index contributed by atoms with van der Waals surface area (Å²) in [6.07, 6.45) is 5.68. The van der Waals surface area contributed by atoms with Crippen molar-refractivity contribution in [2.45, 2.75) is 52.2 Å². The first-order valence-electron chi connectivity index (χ1n) is 14.5. The summed E-state index contributed by atoms with van der Waals surface area (Å²) in [7, 11) is 0. The smallest absolute Gasteiger partial charge is 0.247 e. The third kappa shape index (κ3) is 7.20. The molecule has 0 spiro atoms. The summed E-state index contributed by atoms with van der Waals surface area (Å²) >= 11 is 0. The Balaban J connectivity index is 1.49. The van der Waals surface area contributed by atoms with Crippen molar-refractivity contribution in [3.8, 4) is 0 Å². The fourth-order valence-electron chi connectivity index (χ4n) is 5.42. The van der Waals surface area contributed by atoms with E-state index in [0.29, 0.717) is 26.1 Å². The number of hydrogen-bond donors (Lipinski definition) is 0. The van der Waals surface area contributed by atoms with Gasteiger partial charge in [-0.05, 0) is 59.2 Å². The highest BCUT2D eigenvalue weighted by Crippen LogP contribution is 2.23. The Morgan fingerprint density at radius 1 is 0.805 bits per heavy atom. The van der Waals surface area contributed by atoms with Crippen LogP contribution in [-0.4, -0.2) is 34.2 Å². The average Bonchev–Trinajstić information content (AvgIpc) is 3.02. The monoisotopic (exact) mass is 542 g/mol. The SMILES string of the molecule is CCc1ccc(CN(C(=O)C=Cc2ccc(C)cc2)C(Cc2ccccc2)C(=O)N2CCc3ccccc3C2)cc1. The second-order valence-electron chi connectivity index (χ2n) is 10.9. The number of rotatable bonds is 9. The van der Waals surface area contributed by atoms with Crippen LogP contribution in [0.3, 0.4) is 0 Å². The highest BCUT2D eigenvalue weighted by atomic mass is 16.2. The summed E-state index contributed by atoms with van der Waals surface area (Å²) in [6, 6.07) is 34.1. The molecule has 4 nitrogen and oxygen atoms in total. The van der Waals surface area contributed by atoms with Crippen molar-refractivity contribution in [1.29, 1.82) is 0 Å². The second-order valence-corrected chi connectivity index (χ2v) is 10.9. The van der Waals surface area contributed by atoms with Crippen LogP contribution in [0.25, 0.3) is 6.08 Å². The molecule has 0 bridgehead atoms. The van der Waals surface area contributed by atoms with Crippen molar-refractivity contribution >= 4 is 17.9 Å². The molecule has 1 heterocycles. The summed E-state index contributed by atoms with van der Waals surface area (Å²) in [4.78, 5) is 32.1. The largest absolute Gasteiger partial charge is 0.336 e. The topological polar surface area (TPSA) is 40.6 Å². The Kier molecular flexibility index (Phi) is 9.10. The molecule has 1 aliphatic heterocycles. The molecule has 0 radical (unpaired) electrons. The van der Waals surface area contributed by atoms with Gasteiger partial charge in [-0.3, -0.25) is 9.59 Å². The van der Waals surface area contributed by atoms with E-state index in [1.807, 2.05) is 78.6 Å². The van der Waals surface area contributed by atoms with Gasteiger partial charge in [-0.1, -0.05) is 116 Å². The summed E-state index contributed by atoms with van der Waals surface area (Å²) in [5.74, 6) is -0.178. The molecule has 208 valence electrons. The maximum atomic E-state index is 14.4. The predicted molar refractivity (Wildman–Crippen MR) is 166 cm³/mol. The van der Waals surface area contributed by atoms with Crippen LogP contribution in [-0.2, 0) is 41.9 Å². The minimum Gasteiger partial charge on any atom is -0.336 e.